The number of alkyl halides is 3. The number of anilines is 1. The molecule has 0 bridgehead atoms. The Morgan fingerprint density at radius 2 is 2.10 bits per heavy atom. The average molecular weight is 288 g/mol. The summed E-state index contributed by atoms with van der Waals surface area (Å²) in [5.41, 5.74) is 5.10. The maximum absolute atomic E-state index is 12.8. The molecule has 0 fully saturated rings. The quantitative estimate of drug-likeness (QED) is 0.684. The summed E-state index contributed by atoms with van der Waals surface area (Å²) >= 11 is 0. The lowest BCUT2D eigenvalue weighted by Crippen LogP contribution is -2.24. The summed E-state index contributed by atoms with van der Waals surface area (Å²) in [4.78, 5) is 3.60. The number of pyridine rings is 1. The van der Waals surface area contributed by atoms with E-state index in [1.54, 1.807) is 19.0 Å². The zero-order chi connectivity index (χ0) is 15.5. The van der Waals surface area contributed by atoms with Crippen molar-refractivity contribution >= 4 is 11.5 Å². The number of hydrazone groups is 1. The zero-order valence-corrected chi connectivity index (χ0v) is 12.0. The van der Waals surface area contributed by atoms with E-state index < -0.39 is 17.6 Å². The summed E-state index contributed by atoms with van der Waals surface area (Å²) in [7, 11) is 1.78. The lowest BCUT2D eigenvalue weighted by molar-refractivity contribution is -0.137. The first kappa shape index (κ1) is 16.3. The molecular formula is C13H19F3N4. The number of nitrogen functional groups attached to an aromatic ring is 1. The van der Waals surface area contributed by atoms with Crippen LogP contribution in [0.4, 0.5) is 19.0 Å². The molecule has 1 atom stereocenters. The zero-order valence-electron chi connectivity index (χ0n) is 12.0. The van der Waals surface area contributed by atoms with Gasteiger partial charge in [0.05, 0.1) is 11.3 Å². The van der Waals surface area contributed by atoms with E-state index in [2.05, 4.69) is 10.1 Å². The molecule has 0 aliphatic rings. The summed E-state index contributed by atoms with van der Waals surface area (Å²) < 4.78 is 38.3. The highest BCUT2D eigenvalue weighted by atomic mass is 19.4. The second-order valence-electron chi connectivity index (χ2n) is 4.67. The third kappa shape index (κ3) is 3.85. The van der Waals surface area contributed by atoms with Gasteiger partial charge in [-0.15, -0.1) is 0 Å². The SMILES string of the molecule is CCC(C)N(C)N=C(C)c1cnc(N)c(C(F)(F)F)c1. The molecule has 7 heteroatoms. The van der Waals surface area contributed by atoms with Crippen LogP contribution < -0.4 is 5.73 Å². The molecule has 1 unspecified atom stereocenters. The predicted octanol–water partition coefficient (Wildman–Crippen LogP) is 3.14. The van der Waals surface area contributed by atoms with Crippen LogP contribution in [0, 0.1) is 0 Å². The molecule has 1 aromatic heterocycles. The van der Waals surface area contributed by atoms with Crippen molar-refractivity contribution in [1.29, 1.82) is 0 Å². The minimum absolute atomic E-state index is 0.203. The summed E-state index contributed by atoms with van der Waals surface area (Å²) in [5.74, 6) is -0.524. The third-order valence-electron chi connectivity index (χ3n) is 3.18. The van der Waals surface area contributed by atoms with Crippen LogP contribution in [0.2, 0.25) is 0 Å². The Kier molecular flexibility index (Phi) is 4.97. The summed E-state index contributed by atoms with van der Waals surface area (Å²) in [5, 5.41) is 5.99. The predicted molar refractivity (Wildman–Crippen MR) is 73.4 cm³/mol. The summed E-state index contributed by atoms with van der Waals surface area (Å²) in [6, 6.07) is 1.18. The van der Waals surface area contributed by atoms with Gasteiger partial charge in [0.1, 0.15) is 5.82 Å². The number of nitrogens with two attached hydrogens (primary N) is 1. The second-order valence-corrected chi connectivity index (χ2v) is 4.67. The molecule has 1 heterocycles. The van der Waals surface area contributed by atoms with Crippen LogP contribution in [0.5, 0.6) is 0 Å². The molecule has 0 amide bonds. The van der Waals surface area contributed by atoms with Gasteiger partial charge in [0, 0.05) is 24.8 Å². The first-order valence-electron chi connectivity index (χ1n) is 6.28. The van der Waals surface area contributed by atoms with Crippen molar-refractivity contribution < 1.29 is 13.2 Å². The maximum atomic E-state index is 12.8. The lowest BCUT2D eigenvalue weighted by Gasteiger charge is -2.21. The number of nitrogens with zero attached hydrogens (tertiary/aromatic N) is 3. The van der Waals surface area contributed by atoms with Crippen LogP contribution in [0.1, 0.15) is 38.3 Å². The van der Waals surface area contributed by atoms with Gasteiger partial charge in [-0.05, 0) is 26.3 Å². The van der Waals surface area contributed by atoms with Crippen LogP contribution in [-0.2, 0) is 6.18 Å². The molecular weight excluding hydrogens is 269 g/mol. The van der Waals surface area contributed by atoms with Crippen LogP contribution in [0.25, 0.3) is 0 Å². The molecule has 0 radical (unpaired) electrons. The minimum Gasteiger partial charge on any atom is -0.383 e. The van der Waals surface area contributed by atoms with Crippen molar-refractivity contribution in [2.45, 2.75) is 39.4 Å². The van der Waals surface area contributed by atoms with Gasteiger partial charge in [-0.2, -0.15) is 18.3 Å². The summed E-state index contributed by atoms with van der Waals surface area (Å²) in [6.45, 7) is 5.64. The Bertz CT molecular complexity index is 497. The Labute approximate surface area is 116 Å². The molecule has 4 nitrogen and oxygen atoms in total. The van der Waals surface area contributed by atoms with E-state index in [1.807, 2.05) is 13.8 Å². The number of hydrogen-bond acceptors (Lipinski definition) is 4. The Balaban J connectivity index is 3.12. The minimum atomic E-state index is -4.52. The molecule has 2 N–H and O–H groups in total. The highest BCUT2D eigenvalue weighted by Gasteiger charge is 2.34. The van der Waals surface area contributed by atoms with Crippen LogP contribution >= 0.6 is 0 Å². The van der Waals surface area contributed by atoms with E-state index in [9.17, 15) is 13.2 Å². The van der Waals surface area contributed by atoms with Crippen molar-refractivity contribution in [2.24, 2.45) is 5.10 Å². The van der Waals surface area contributed by atoms with E-state index in [1.165, 1.54) is 6.20 Å². The van der Waals surface area contributed by atoms with E-state index in [0.717, 1.165) is 12.5 Å². The smallest absolute Gasteiger partial charge is 0.383 e. The highest BCUT2D eigenvalue weighted by molar-refractivity contribution is 5.98. The molecule has 1 rings (SSSR count). The van der Waals surface area contributed by atoms with Gasteiger partial charge >= 0.3 is 6.18 Å². The van der Waals surface area contributed by atoms with E-state index in [-0.39, 0.29) is 6.04 Å². The monoisotopic (exact) mass is 288 g/mol. The van der Waals surface area contributed by atoms with E-state index >= 15 is 0 Å². The fourth-order valence-electron chi connectivity index (χ4n) is 1.56. The van der Waals surface area contributed by atoms with Gasteiger partial charge in [0.2, 0.25) is 0 Å². The molecule has 0 saturated heterocycles. The van der Waals surface area contributed by atoms with E-state index in [4.69, 9.17) is 5.73 Å². The Hall–Kier alpha value is -1.79. The number of halogens is 3. The van der Waals surface area contributed by atoms with Gasteiger partial charge in [-0.1, -0.05) is 6.92 Å². The molecule has 0 saturated carbocycles. The van der Waals surface area contributed by atoms with Crippen LogP contribution in [0.3, 0.4) is 0 Å². The Morgan fingerprint density at radius 1 is 1.50 bits per heavy atom. The first-order chi connectivity index (χ1) is 9.16. The first-order valence-corrected chi connectivity index (χ1v) is 6.28. The molecule has 0 spiro atoms. The standard InChI is InChI=1S/C13H19F3N4/c1-5-8(2)20(4)19-9(3)10-6-11(13(14,15)16)12(17)18-7-10/h6-8H,5H2,1-4H3,(H2,17,18). The van der Waals surface area contributed by atoms with Gasteiger partial charge in [0.15, 0.2) is 0 Å². The van der Waals surface area contributed by atoms with Gasteiger partial charge in [-0.25, -0.2) is 4.98 Å². The molecule has 20 heavy (non-hydrogen) atoms. The topological polar surface area (TPSA) is 54.5 Å². The van der Waals surface area contributed by atoms with Crippen molar-refractivity contribution in [3.63, 3.8) is 0 Å². The number of rotatable bonds is 4. The maximum Gasteiger partial charge on any atom is 0.419 e. The van der Waals surface area contributed by atoms with Crippen molar-refractivity contribution in [2.75, 3.05) is 12.8 Å². The van der Waals surface area contributed by atoms with Gasteiger partial charge in [-0.3, -0.25) is 5.01 Å². The van der Waals surface area contributed by atoms with Crippen molar-refractivity contribution in [3.05, 3.63) is 23.4 Å². The van der Waals surface area contributed by atoms with Crippen LogP contribution in [-0.4, -0.2) is 28.8 Å². The average Bonchev–Trinajstić information content (AvgIpc) is 2.36. The largest absolute Gasteiger partial charge is 0.419 e. The fourth-order valence-corrected chi connectivity index (χ4v) is 1.56. The fraction of sp³-hybridized carbons (Fsp3) is 0.538. The second kappa shape index (κ2) is 6.11. The molecule has 112 valence electrons. The molecule has 1 aromatic rings. The van der Waals surface area contributed by atoms with Gasteiger partial charge in [0.25, 0.3) is 0 Å². The van der Waals surface area contributed by atoms with Gasteiger partial charge < -0.3 is 5.73 Å². The van der Waals surface area contributed by atoms with Crippen molar-refractivity contribution in [3.8, 4) is 0 Å². The molecule has 0 aromatic carbocycles. The molecule has 0 aliphatic carbocycles. The van der Waals surface area contributed by atoms with Crippen molar-refractivity contribution in [1.82, 2.24) is 9.99 Å². The normalized spacial score (nSPS) is 14.2. The van der Waals surface area contributed by atoms with E-state index in [0.29, 0.717) is 11.3 Å². The molecule has 0 aliphatic heterocycles. The lowest BCUT2D eigenvalue weighted by atomic mass is 10.1. The van der Waals surface area contributed by atoms with Crippen LogP contribution in [0.15, 0.2) is 17.4 Å². The summed E-state index contributed by atoms with van der Waals surface area (Å²) in [6.07, 6.45) is -2.33. The number of hydrogen-bond donors (Lipinski definition) is 1. The Morgan fingerprint density at radius 3 is 2.60 bits per heavy atom. The number of aromatic nitrogens is 1. The highest BCUT2D eigenvalue weighted by Crippen LogP contribution is 2.33. The third-order valence-corrected chi connectivity index (χ3v) is 3.18.